The third-order valence-corrected chi connectivity index (χ3v) is 1.45. The van der Waals surface area contributed by atoms with Crippen LogP contribution in [0.15, 0.2) is 0 Å². The lowest BCUT2D eigenvalue weighted by Crippen LogP contribution is -2.24. The van der Waals surface area contributed by atoms with Crippen LogP contribution in [0.5, 0.6) is 0 Å². The van der Waals surface area contributed by atoms with Gasteiger partial charge in [-0.1, -0.05) is 0 Å². The third-order valence-electron chi connectivity index (χ3n) is 1.45. The molecule has 0 saturated carbocycles. The van der Waals surface area contributed by atoms with E-state index in [1.807, 2.05) is 6.92 Å². The van der Waals surface area contributed by atoms with Gasteiger partial charge in [0.2, 0.25) is 0 Å². The summed E-state index contributed by atoms with van der Waals surface area (Å²) in [5.74, 6) is 0. The average molecular weight is 118 g/mol. The van der Waals surface area contributed by atoms with Crippen LogP contribution in [-0.2, 0) is 4.74 Å². The number of hydrogen-bond acceptors (Lipinski definition) is 1. The molecule has 1 aliphatic heterocycles. The van der Waals surface area contributed by atoms with Crippen LogP contribution in [0.2, 0.25) is 0 Å². The SMILES string of the molecule is C[C@H]1CC[C@H](F)CO1. The van der Waals surface area contributed by atoms with Crippen LogP contribution in [0.25, 0.3) is 0 Å². The van der Waals surface area contributed by atoms with Crippen molar-refractivity contribution >= 4 is 0 Å². The molecule has 1 nitrogen and oxygen atoms in total. The molecule has 8 heavy (non-hydrogen) atoms. The van der Waals surface area contributed by atoms with Crippen molar-refractivity contribution < 1.29 is 9.13 Å². The van der Waals surface area contributed by atoms with Gasteiger partial charge in [-0.2, -0.15) is 0 Å². The van der Waals surface area contributed by atoms with Crippen molar-refractivity contribution in [1.82, 2.24) is 0 Å². The van der Waals surface area contributed by atoms with E-state index in [4.69, 9.17) is 4.74 Å². The number of rotatable bonds is 0. The molecule has 1 fully saturated rings. The van der Waals surface area contributed by atoms with Gasteiger partial charge in [0.1, 0.15) is 6.17 Å². The van der Waals surface area contributed by atoms with Gasteiger partial charge >= 0.3 is 0 Å². The second-order valence-corrected chi connectivity index (χ2v) is 2.32. The van der Waals surface area contributed by atoms with E-state index in [-0.39, 0.29) is 6.10 Å². The van der Waals surface area contributed by atoms with Gasteiger partial charge in [0, 0.05) is 0 Å². The normalized spacial score (nSPS) is 39.8. The molecule has 0 aromatic rings. The zero-order valence-electron chi connectivity index (χ0n) is 5.06. The van der Waals surface area contributed by atoms with E-state index < -0.39 is 6.17 Å². The number of alkyl halides is 1. The molecular formula is C6H11FO. The van der Waals surface area contributed by atoms with Crippen LogP contribution in [0, 0.1) is 0 Å². The first-order valence-electron chi connectivity index (χ1n) is 3.04. The topological polar surface area (TPSA) is 9.23 Å². The van der Waals surface area contributed by atoms with E-state index in [0.717, 1.165) is 6.42 Å². The first kappa shape index (κ1) is 6.02. The van der Waals surface area contributed by atoms with Gasteiger partial charge in [-0.05, 0) is 19.8 Å². The molecule has 0 bridgehead atoms. The zero-order valence-corrected chi connectivity index (χ0v) is 5.06. The van der Waals surface area contributed by atoms with Crippen LogP contribution in [-0.4, -0.2) is 18.9 Å². The van der Waals surface area contributed by atoms with Crippen LogP contribution >= 0.6 is 0 Å². The summed E-state index contributed by atoms with van der Waals surface area (Å²) in [6.07, 6.45) is 1.13. The Bertz CT molecular complexity index is 56.9. The van der Waals surface area contributed by atoms with Crippen molar-refractivity contribution in [3.63, 3.8) is 0 Å². The van der Waals surface area contributed by atoms with Gasteiger partial charge in [-0.3, -0.25) is 0 Å². The minimum atomic E-state index is -0.703. The Morgan fingerprint density at radius 2 is 2.25 bits per heavy atom. The number of halogens is 1. The fraction of sp³-hybridized carbons (Fsp3) is 1.00. The second-order valence-electron chi connectivity index (χ2n) is 2.32. The molecule has 1 saturated heterocycles. The quantitative estimate of drug-likeness (QED) is 0.468. The van der Waals surface area contributed by atoms with Crippen LogP contribution in [0.3, 0.4) is 0 Å². The van der Waals surface area contributed by atoms with E-state index in [9.17, 15) is 4.39 Å². The lowest BCUT2D eigenvalue weighted by atomic mass is 10.1. The maximum Gasteiger partial charge on any atom is 0.123 e. The summed E-state index contributed by atoms with van der Waals surface area (Å²) in [6, 6.07) is 0. The lowest BCUT2D eigenvalue weighted by molar-refractivity contribution is -0.0166. The van der Waals surface area contributed by atoms with Crippen molar-refractivity contribution in [2.45, 2.75) is 32.0 Å². The molecule has 2 heteroatoms. The molecule has 0 N–H and O–H groups in total. The molecule has 1 heterocycles. The predicted molar refractivity (Wildman–Crippen MR) is 29.5 cm³/mol. The summed E-state index contributed by atoms with van der Waals surface area (Å²) < 4.78 is 17.2. The lowest BCUT2D eigenvalue weighted by Gasteiger charge is -2.21. The minimum absolute atomic E-state index is 0.280. The molecule has 2 atom stereocenters. The van der Waals surface area contributed by atoms with E-state index in [1.165, 1.54) is 0 Å². The molecule has 0 aromatic heterocycles. The molecule has 0 unspecified atom stereocenters. The molecular weight excluding hydrogens is 107 g/mol. The van der Waals surface area contributed by atoms with E-state index >= 15 is 0 Å². The van der Waals surface area contributed by atoms with Crippen LogP contribution < -0.4 is 0 Å². The maximum atomic E-state index is 12.2. The van der Waals surface area contributed by atoms with Crippen LogP contribution in [0.1, 0.15) is 19.8 Å². The summed E-state index contributed by atoms with van der Waals surface area (Å²) >= 11 is 0. The molecule has 1 aliphatic rings. The van der Waals surface area contributed by atoms with E-state index in [0.29, 0.717) is 13.0 Å². The highest BCUT2D eigenvalue weighted by Crippen LogP contribution is 2.14. The van der Waals surface area contributed by atoms with Crippen molar-refractivity contribution in [2.24, 2.45) is 0 Å². The summed E-state index contributed by atoms with van der Waals surface area (Å²) in [5.41, 5.74) is 0. The summed E-state index contributed by atoms with van der Waals surface area (Å²) in [6.45, 7) is 2.28. The monoisotopic (exact) mass is 118 g/mol. The second kappa shape index (κ2) is 2.44. The molecule has 1 rings (SSSR count). The summed E-state index contributed by atoms with van der Waals surface area (Å²) in [7, 11) is 0. The Balaban J connectivity index is 2.19. The number of hydrogen-bond donors (Lipinski definition) is 0. The van der Waals surface area contributed by atoms with Gasteiger partial charge in [0.15, 0.2) is 0 Å². The first-order chi connectivity index (χ1) is 3.79. The summed E-state index contributed by atoms with van der Waals surface area (Å²) in [5, 5.41) is 0. The highest BCUT2D eigenvalue weighted by atomic mass is 19.1. The van der Waals surface area contributed by atoms with Gasteiger partial charge in [-0.25, -0.2) is 4.39 Å². The van der Waals surface area contributed by atoms with Crippen molar-refractivity contribution in [3.05, 3.63) is 0 Å². The zero-order chi connectivity index (χ0) is 5.98. The average Bonchev–Trinajstić information content (AvgIpc) is 1.77. The molecule has 0 radical (unpaired) electrons. The third kappa shape index (κ3) is 1.44. The highest BCUT2D eigenvalue weighted by molar-refractivity contribution is 4.64. The first-order valence-corrected chi connectivity index (χ1v) is 3.04. The standard InChI is InChI=1S/C6H11FO/c1-5-2-3-6(7)4-8-5/h5-6H,2-4H2,1H3/t5-,6-/m0/s1. The predicted octanol–water partition coefficient (Wildman–Crippen LogP) is 1.52. The Kier molecular flexibility index (Phi) is 1.84. The van der Waals surface area contributed by atoms with Crippen molar-refractivity contribution in [3.8, 4) is 0 Å². The number of ether oxygens (including phenoxy) is 1. The highest BCUT2D eigenvalue weighted by Gasteiger charge is 2.16. The molecule has 0 aliphatic carbocycles. The smallest absolute Gasteiger partial charge is 0.123 e. The molecule has 0 amide bonds. The van der Waals surface area contributed by atoms with Crippen LogP contribution in [0.4, 0.5) is 4.39 Å². The molecule has 0 spiro atoms. The fourth-order valence-corrected chi connectivity index (χ4v) is 0.851. The minimum Gasteiger partial charge on any atom is -0.375 e. The van der Waals surface area contributed by atoms with E-state index in [1.54, 1.807) is 0 Å². The van der Waals surface area contributed by atoms with Crippen molar-refractivity contribution in [1.29, 1.82) is 0 Å². The van der Waals surface area contributed by atoms with Gasteiger partial charge in [-0.15, -0.1) is 0 Å². The Hall–Kier alpha value is -0.110. The fourth-order valence-electron chi connectivity index (χ4n) is 0.851. The summed E-state index contributed by atoms with van der Waals surface area (Å²) in [4.78, 5) is 0. The van der Waals surface area contributed by atoms with Gasteiger partial charge in [0.05, 0.1) is 12.7 Å². The molecule has 48 valence electrons. The van der Waals surface area contributed by atoms with E-state index in [2.05, 4.69) is 0 Å². The van der Waals surface area contributed by atoms with Gasteiger partial charge < -0.3 is 4.74 Å². The molecule has 0 aromatic carbocycles. The maximum absolute atomic E-state index is 12.2. The largest absolute Gasteiger partial charge is 0.375 e. The van der Waals surface area contributed by atoms with Crippen molar-refractivity contribution in [2.75, 3.05) is 6.61 Å². The Morgan fingerprint density at radius 3 is 2.62 bits per heavy atom. The Labute approximate surface area is 48.8 Å². The van der Waals surface area contributed by atoms with Gasteiger partial charge in [0.25, 0.3) is 0 Å². The Morgan fingerprint density at radius 1 is 1.50 bits per heavy atom.